The molecule has 0 radical (unpaired) electrons. The van der Waals surface area contributed by atoms with Gasteiger partial charge in [0.2, 0.25) is 0 Å². The van der Waals surface area contributed by atoms with Gasteiger partial charge in [0.15, 0.2) is 0 Å². The molecule has 472 valence electrons. The lowest BCUT2D eigenvalue weighted by atomic mass is 9.68. The molecule has 6 heterocycles. The van der Waals surface area contributed by atoms with Crippen LogP contribution in [0.5, 0.6) is 11.5 Å². The van der Waals surface area contributed by atoms with Crippen molar-refractivity contribution in [1.29, 1.82) is 0 Å². The van der Waals surface area contributed by atoms with Crippen molar-refractivity contribution in [3.8, 4) is 11.5 Å². The van der Waals surface area contributed by atoms with Crippen LogP contribution in [0, 0.1) is 23.7 Å². The molecule has 4 N–H and O–H groups in total. The number of aryl methyl sites for hydroxylation is 2. The van der Waals surface area contributed by atoms with Crippen LogP contribution < -0.4 is 28.7 Å². The first-order valence-corrected chi connectivity index (χ1v) is 35.2. The molecule has 10 aliphatic rings. The second-order valence-electron chi connectivity index (χ2n) is 26.1. The first-order valence-electron chi connectivity index (χ1n) is 31.6. The van der Waals surface area contributed by atoms with Gasteiger partial charge in [0, 0.05) is 97.6 Å². The Labute approximate surface area is 526 Å². The number of nitrogens with zero attached hydrogens (tertiary/aromatic N) is 4. The Hall–Kier alpha value is -5.26. The predicted octanol–water partition coefficient (Wildman–Crippen LogP) is 8.45. The second-order valence-corrected chi connectivity index (χ2v) is 30.4. The minimum atomic E-state index is -4.14. The summed E-state index contributed by atoms with van der Waals surface area (Å²) in [5.74, 6) is 0.733. The van der Waals surface area contributed by atoms with E-state index < -0.39 is 44.4 Å². The molecular formula is C66H80Cl2N6O12S2. The van der Waals surface area contributed by atoms with E-state index in [1.165, 1.54) is 30.9 Å². The molecule has 0 aromatic heterocycles. The molecule has 4 fully saturated rings. The number of carbonyl (C=O) groups excluding carboxylic acids is 2. The zero-order valence-corrected chi connectivity index (χ0v) is 52.7. The number of aliphatic hydroxyl groups is 2. The van der Waals surface area contributed by atoms with Gasteiger partial charge in [-0.25, -0.2) is 9.44 Å². The first-order chi connectivity index (χ1) is 42.4. The van der Waals surface area contributed by atoms with Gasteiger partial charge in [-0.1, -0.05) is 59.6 Å². The Balaban J connectivity index is 0.000000162. The van der Waals surface area contributed by atoms with E-state index in [9.17, 15) is 36.6 Å². The van der Waals surface area contributed by atoms with Crippen molar-refractivity contribution in [1.82, 2.24) is 18.1 Å². The van der Waals surface area contributed by atoms with Gasteiger partial charge in [-0.15, -0.1) is 0 Å². The number of fused-ring (bicyclic) bond motifs is 8. The fraction of sp³-hybridized carbons (Fsp3) is 0.545. The van der Waals surface area contributed by atoms with E-state index in [1.807, 2.05) is 36.4 Å². The van der Waals surface area contributed by atoms with Crippen molar-refractivity contribution in [2.45, 2.75) is 125 Å². The summed E-state index contributed by atoms with van der Waals surface area (Å²) in [7, 11) is -8.28. The molecule has 2 spiro atoms. The van der Waals surface area contributed by atoms with Crippen molar-refractivity contribution in [2.24, 2.45) is 23.7 Å². The van der Waals surface area contributed by atoms with Gasteiger partial charge in [0.05, 0.1) is 49.0 Å². The number of hydrogen-bond donors (Lipinski definition) is 4. The zero-order valence-electron chi connectivity index (χ0n) is 49.6. The number of anilines is 2. The summed E-state index contributed by atoms with van der Waals surface area (Å²) in [5.41, 5.74) is 6.51. The first kappa shape index (κ1) is 61.6. The maximum absolute atomic E-state index is 13.5. The van der Waals surface area contributed by atoms with E-state index in [-0.39, 0.29) is 84.0 Å². The third-order valence-electron chi connectivity index (χ3n) is 20.6. The highest BCUT2D eigenvalue weighted by Crippen LogP contribution is 2.49. The summed E-state index contributed by atoms with van der Waals surface area (Å²) in [6.45, 7) is 5.66. The zero-order chi connectivity index (χ0) is 61.0. The molecule has 2 saturated carbocycles. The van der Waals surface area contributed by atoms with Crippen LogP contribution in [0.2, 0.25) is 10.0 Å². The molecule has 18 nitrogen and oxygen atoms in total. The van der Waals surface area contributed by atoms with Gasteiger partial charge in [0.25, 0.3) is 11.8 Å². The molecule has 14 rings (SSSR count). The van der Waals surface area contributed by atoms with Gasteiger partial charge in [-0.05, 0) is 196 Å². The second kappa shape index (κ2) is 25.4. The molecule has 22 heteroatoms. The summed E-state index contributed by atoms with van der Waals surface area (Å²) < 4.78 is 85.1. The fourth-order valence-corrected chi connectivity index (χ4v) is 18.0. The normalized spacial score (nSPS) is 32.6. The number of carbonyl (C=O) groups is 2. The number of ether oxygens (including phenoxy) is 4. The highest BCUT2D eigenvalue weighted by molar-refractivity contribution is 7.88. The molecule has 4 aromatic rings. The highest BCUT2D eigenvalue weighted by Gasteiger charge is 2.47. The largest absolute Gasteiger partial charge is 0.490 e. The predicted molar refractivity (Wildman–Crippen MR) is 337 cm³/mol. The highest BCUT2D eigenvalue weighted by atomic mass is 35.5. The van der Waals surface area contributed by atoms with Crippen LogP contribution in [-0.4, -0.2) is 151 Å². The van der Waals surface area contributed by atoms with Crippen molar-refractivity contribution in [3.05, 3.63) is 141 Å². The summed E-state index contributed by atoms with van der Waals surface area (Å²) >= 11 is 12.8. The molecule has 4 aromatic carbocycles. The molecule has 88 heavy (non-hydrogen) atoms. The Morgan fingerprint density at radius 1 is 0.568 bits per heavy atom. The number of aliphatic hydroxyl groups excluding tert-OH is 2. The lowest BCUT2D eigenvalue weighted by Gasteiger charge is -2.45. The average Bonchev–Trinajstić information content (AvgIpc) is 1.83. The van der Waals surface area contributed by atoms with E-state index in [0.29, 0.717) is 76.9 Å². The minimum Gasteiger partial charge on any atom is -0.490 e. The van der Waals surface area contributed by atoms with E-state index in [1.54, 1.807) is 36.4 Å². The smallest absolute Gasteiger partial charge is 0.304 e. The number of rotatable bonds is 4. The number of halogens is 2. The maximum Gasteiger partial charge on any atom is 0.304 e. The Morgan fingerprint density at radius 3 is 1.39 bits per heavy atom. The summed E-state index contributed by atoms with van der Waals surface area (Å²) in [6, 6.07) is 22.7. The Kier molecular flexibility index (Phi) is 17.8. The molecular weight excluding hydrogens is 1200 g/mol. The van der Waals surface area contributed by atoms with Crippen LogP contribution in [-0.2, 0) is 53.6 Å². The molecule has 4 aliphatic carbocycles. The van der Waals surface area contributed by atoms with Crippen molar-refractivity contribution in [3.63, 3.8) is 0 Å². The van der Waals surface area contributed by atoms with Crippen LogP contribution in [0.4, 0.5) is 11.4 Å². The van der Waals surface area contributed by atoms with E-state index >= 15 is 0 Å². The van der Waals surface area contributed by atoms with Gasteiger partial charge >= 0.3 is 20.4 Å². The van der Waals surface area contributed by atoms with Gasteiger partial charge in [-0.3, -0.25) is 9.59 Å². The number of benzene rings is 4. The van der Waals surface area contributed by atoms with Gasteiger partial charge < -0.3 is 39.0 Å². The quantitative estimate of drug-likeness (QED) is 0.141. The maximum atomic E-state index is 13.5. The third kappa shape index (κ3) is 12.7. The SMILES string of the molecule is O=C1NS(=O)(=O)N(C[C@@H]2CCO2)CC/C=C/[C@H](O)[C@@H]2CC[C@H]2CN2C[C@@]3(CCCc4cc(Cl)ccc43)COc3ccc1cc32.O=C1NS(=O)(=O)N(C[C@H]2CCO2)CC/C=C/[C@H](O)[C@@H]2CC[C@H]2CN2C[C@@]3(CCCc4cc(Cl)ccc43)COc3ccc1cc32. The van der Waals surface area contributed by atoms with Gasteiger partial charge in [-0.2, -0.15) is 25.4 Å². The van der Waals surface area contributed by atoms with Crippen LogP contribution in [0.15, 0.2) is 97.1 Å². The van der Waals surface area contributed by atoms with Crippen LogP contribution >= 0.6 is 23.2 Å². The molecule has 4 bridgehead atoms. The lowest BCUT2D eigenvalue weighted by molar-refractivity contribution is -0.0575. The van der Waals surface area contributed by atoms with Crippen molar-refractivity contribution in [2.75, 3.05) is 88.6 Å². The average molecular weight is 1280 g/mol. The number of amides is 2. The fourth-order valence-electron chi connectivity index (χ4n) is 15.2. The van der Waals surface area contributed by atoms with E-state index in [0.717, 1.165) is 98.5 Å². The Bertz CT molecular complexity index is 3360. The number of hydrogen-bond acceptors (Lipinski definition) is 14. The summed E-state index contributed by atoms with van der Waals surface area (Å²) in [6.07, 6.45) is 17.9. The van der Waals surface area contributed by atoms with Crippen LogP contribution in [0.25, 0.3) is 0 Å². The molecule has 6 aliphatic heterocycles. The van der Waals surface area contributed by atoms with Gasteiger partial charge in [0.1, 0.15) is 11.5 Å². The minimum absolute atomic E-state index is 0.106. The third-order valence-corrected chi connectivity index (χ3v) is 24.0. The van der Waals surface area contributed by atoms with Crippen molar-refractivity contribution < 1.29 is 55.6 Å². The molecule has 10 atom stereocenters. The molecule has 2 saturated heterocycles. The number of nitrogens with one attached hydrogen (secondary N) is 2. The summed E-state index contributed by atoms with van der Waals surface area (Å²) in [4.78, 5) is 31.6. The molecule has 2 amide bonds. The summed E-state index contributed by atoms with van der Waals surface area (Å²) in [5, 5.41) is 23.8. The topological polar surface area (TPSA) is 217 Å². The Morgan fingerprint density at radius 2 is 1.00 bits per heavy atom. The van der Waals surface area contributed by atoms with Crippen molar-refractivity contribution >= 4 is 66.8 Å². The standard InChI is InChI=1S/2C33H40ClN3O6S/c2*34-25-8-10-28-22(16-25)4-3-13-33(28)20-36-18-24-6-9-27(24)30(38)5-1-2-14-37(19-26-12-15-42-26)44(40,41)35-32(39)23-7-11-31(43-21-33)29(36)17-23/h2*1,5,7-8,10-11,16-17,24,26-27,30,38H,2-4,6,9,12-15,18-21H2,(H,35,39)/b2*5-1+/t24-,26+,27+,30-,33-;24-,26-,27+,30-,33-/m00/s1. The lowest BCUT2D eigenvalue weighted by Crippen LogP contribution is -2.50. The van der Waals surface area contributed by atoms with Crippen LogP contribution in [0.3, 0.4) is 0 Å². The monoisotopic (exact) mass is 1280 g/mol. The van der Waals surface area contributed by atoms with E-state index in [2.05, 4.69) is 43.5 Å². The molecule has 0 unspecified atom stereocenters. The van der Waals surface area contributed by atoms with E-state index in [4.69, 9.17) is 42.1 Å². The van der Waals surface area contributed by atoms with Crippen LogP contribution in [0.1, 0.15) is 120 Å².